The zero-order valence-electron chi connectivity index (χ0n) is 9.77. The van der Waals surface area contributed by atoms with Crippen LogP contribution in [0, 0.1) is 11.3 Å². The molecule has 0 amide bonds. The average Bonchev–Trinajstić information content (AvgIpc) is 2.34. The summed E-state index contributed by atoms with van der Waals surface area (Å²) in [6, 6.07) is -4.79. The smallest absolute Gasteiger partial charge is 0.399 e. The first-order chi connectivity index (χ1) is 9.89. The first kappa shape index (κ1) is 21.1. The maximum atomic E-state index is 13.3. The molecule has 0 spiro atoms. The third kappa shape index (κ3) is 3.11. The van der Waals surface area contributed by atoms with Crippen LogP contribution in [0.25, 0.3) is 0 Å². The van der Waals surface area contributed by atoms with Crippen molar-refractivity contribution in [2.75, 3.05) is 0 Å². The molecule has 1 atom stereocenters. The first-order valence-electron chi connectivity index (χ1n) is 4.59. The van der Waals surface area contributed by atoms with Gasteiger partial charge in [0.2, 0.25) is 0 Å². The van der Waals surface area contributed by atoms with Gasteiger partial charge in [-0.25, -0.2) is 4.39 Å². The number of rotatable bonds is 5. The Labute approximate surface area is 116 Å². The Hall–Kier alpha value is -1.88. The summed E-state index contributed by atoms with van der Waals surface area (Å²) in [6.07, 6.45) is -18.8. The van der Waals surface area contributed by atoms with E-state index < -0.39 is 48.0 Å². The van der Waals surface area contributed by atoms with Gasteiger partial charge in [0.15, 0.2) is 0 Å². The maximum Gasteiger partial charge on any atom is 0.450 e. The standard InChI is InChI=1S/C8F13NO/c9-2(10)3(11)23-8(20,21)5(14,7(17,18)19)6(15,16)4(12,13)1-22. The molecule has 2 nitrogen and oxygen atoms in total. The molecule has 15 heteroatoms. The minimum Gasteiger partial charge on any atom is -0.399 e. The van der Waals surface area contributed by atoms with E-state index in [-0.39, 0.29) is 0 Å². The second kappa shape index (κ2) is 5.64. The molecule has 0 saturated heterocycles. The number of nitriles is 1. The molecule has 0 aromatic rings. The van der Waals surface area contributed by atoms with E-state index in [0.29, 0.717) is 0 Å². The normalized spacial score (nSPS) is 16.3. The molecule has 0 aliphatic carbocycles. The molecule has 0 saturated carbocycles. The molecule has 1 unspecified atom stereocenters. The summed E-state index contributed by atoms with van der Waals surface area (Å²) in [6.45, 7) is 0. The van der Waals surface area contributed by atoms with Gasteiger partial charge in [-0.3, -0.25) is 0 Å². The Balaban J connectivity index is 6.49. The summed E-state index contributed by atoms with van der Waals surface area (Å²) in [5.41, 5.74) is -7.74. The summed E-state index contributed by atoms with van der Waals surface area (Å²) in [5, 5.41) is 7.59. The molecule has 0 radical (unpaired) electrons. The minimum atomic E-state index is -7.74. The second-order valence-corrected chi connectivity index (χ2v) is 3.57. The van der Waals surface area contributed by atoms with E-state index in [4.69, 9.17) is 5.26 Å². The summed E-state index contributed by atoms with van der Waals surface area (Å²) in [5.74, 6) is -14.2. The van der Waals surface area contributed by atoms with Crippen molar-refractivity contribution in [3.05, 3.63) is 12.1 Å². The minimum absolute atomic E-state index is 0.859. The van der Waals surface area contributed by atoms with Crippen molar-refractivity contribution in [3.8, 4) is 6.07 Å². The van der Waals surface area contributed by atoms with Crippen LogP contribution in [-0.4, -0.2) is 29.8 Å². The lowest BCUT2D eigenvalue weighted by molar-refractivity contribution is -0.442. The van der Waals surface area contributed by atoms with E-state index in [1.165, 1.54) is 0 Å². The lowest BCUT2D eigenvalue weighted by atomic mass is 9.90. The molecule has 0 bridgehead atoms. The highest BCUT2D eigenvalue weighted by atomic mass is 19.4. The Kier molecular flexibility index (Phi) is 5.18. The number of hydrogen-bond acceptors (Lipinski definition) is 2. The monoisotopic (exact) mass is 373 g/mol. The number of halogens is 13. The predicted octanol–water partition coefficient (Wildman–Crippen LogP) is 4.70. The van der Waals surface area contributed by atoms with Crippen LogP contribution < -0.4 is 0 Å². The fourth-order valence-corrected chi connectivity index (χ4v) is 1.03. The van der Waals surface area contributed by atoms with Gasteiger partial charge in [0.25, 0.3) is 0 Å². The van der Waals surface area contributed by atoms with Crippen LogP contribution in [0.1, 0.15) is 0 Å². The summed E-state index contributed by atoms with van der Waals surface area (Å²) >= 11 is 0. The van der Waals surface area contributed by atoms with E-state index in [9.17, 15) is 57.1 Å². The molecule has 0 aliphatic heterocycles. The number of alkyl halides is 10. The molecule has 0 rings (SSSR count). The Morgan fingerprint density at radius 2 is 1.17 bits per heavy atom. The number of nitrogens with zero attached hydrogens (tertiary/aromatic N) is 1. The van der Waals surface area contributed by atoms with Crippen molar-refractivity contribution >= 4 is 0 Å². The van der Waals surface area contributed by atoms with Crippen molar-refractivity contribution < 1.29 is 61.8 Å². The van der Waals surface area contributed by atoms with Crippen molar-refractivity contribution in [2.24, 2.45) is 0 Å². The van der Waals surface area contributed by atoms with Crippen LogP contribution in [0.4, 0.5) is 57.1 Å². The molecule has 0 fully saturated rings. The fraction of sp³-hybridized carbons (Fsp3) is 0.625. The van der Waals surface area contributed by atoms with Crippen LogP contribution >= 0.6 is 0 Å². The van der Waals surface area contributed by atoms with Gasteiger partial charge in [0.05, 0.1) is 0 Å². The van der Waals surface area contributed by atoms with Gasteiger partial charge in [0.1, 0.15) is 6.07 Å². The molecule has 0 aromatic heterocycles. The highest BCUT2D eigenvalue weighted by Crippen LogP contribution is 2.59. The van der Waals surface area contributed by atoms with Crippen LogP contribution in [0.5, 0.6) is 0 Å². The highest BCUT2D eigenvalue weighted by molar-refractivity contribution is 5.17. The van der Waals surface area contributed by atoms with Gasteiger partial charge in [-0.15, -0.1) is 0 Å². The Morgan fingerprint density at radius 1 is 0.783 bits per heavy atom. The van der Waals surface area contributed by atoms with E-state index in [1.807, 2.05) is 4.74 Å². The third-order valence-electron chi connectivity index (χ3n) is 2.13. The molecular formula is C8F13NO. The lowest BCUT2D eigenvalue weighted by Gasteiger charge is -2.39. The molecule has 0 aliphatic rings. The Bertz CT molecular complexity index is 525. The first-order valence-corrected chi connectivity index (χ1v) is 4.59. The van der Waals surface area contributed by atoms with E-state index in [1.54, 1.807) is 0 Å². The van der Waals surface area contributed by atoms with Gasteiger partial charge in [-0.05, 0) is 0 Å². The zero-order valence-corrected chi connectivity index (χ0v) is 9.77. The van der Waals surface area contributed by atoms with Crippen LogP contribution in [0.3, 0.4) is 0 Å². The number of ether oxygens (including phenoxy) is 1. The number of hydrogen-bond donors (Lipinski definition) is 0. The lowest BCUT2D eigenvalue weighted by Crippen LogP contribution is -2.71. The van der Waals surface area contributed by atoms with Gasteiger partial charge < -0.3 is 4.74 Å². The van der Waals surface area contributed by atoms with Gasteiger partial charge >= 0.3 is 41.9 Å². The largest absolute Gasteiger partial charge is 0.450 e. The second-order valence-electron chi connectivity index (χ2n) is 3.57. The topological polar surface area (TPSA) is 33.0 Å². The van der Waals surface area contributed by atoms with E-state index in [2.05, 4.69) is 0 Å². The summed E-state index contributed by atoms with van der Waals surface area (Å²) in [7, 11) is 0. The van der Waals surface area contributed by atoms with Crippen LogP contribution in [0.15, 0.2) is 12.1 Å². The molecule has 0 aromatic carbocycles. The van der Waals surface area contributed by atoms with Gasteiger partial charge in [-0.1, -0.05) is 0 Å². The summed E-state index contributed by atoms with van der Waals surface area (Å²) < 4.78 is 164. The summed E-state index contributed by atoms with van der Waals surface area (Å²) in [4.78, 5) is 0. The highest BCUT2D eigenvalue weighted by Gasteiger charge is 2.91. The third-order valence-corrected chi connectivity index (χ3v) is 2.13. The molecule has 0 N–H and O–H groups in total. The zero-order chi connectivity index (χ0) is 19.1. The van der Waals surface area contributed by atoms with Gasteiger partial charge in [-0.2, -0.15) is 57.9 Å². The molecule has 23 heavy (non-hydrogen) atoms. The molecule has 134 valence electrons. The predicted molar refractivity (Wildman–Crippen MR) is 41.8 cm³/mol. The van der Waals surface area contributed by atoms with Crippen molar-refractivity contribution in [3.63, 3.8) is 0 Å². The van der Waals surface area contributed by atoms with Crippen molar-refractivity contribution in [1.82, 2.24) is 0 Å². The average molecular weight is 373 g/mol. The SMILES string of the molecule is N#CC(F)(F)C(F)(F)C(F)(C(F)(F)F)C(F)(F)OC(F)=C(F)F. The van der Waals surface area contributed by atoms with Gasteiger partial charge in [0, 0.05) is 0 Å². The Morgan fingerprint density at radius 3 is 1.43 bits per heavy atom. The van der Waals surface area contributed by atoms with Crippen LogP contribution in [-0.2, 0) is 4.74 Å². The van der Waals surface area contributed by atoms with Crippen LogP contribution in [0.2, 0.25) is 0 Å². The molecular weight excluding hydrogens is 373 g/mol. The van der Waals surface area contributed by atoms with E-state index in [0.717, 1.165) is 0 Å². The maximum absolute atomic E-state index is 13.3. The van der Waals surface area contributed by atoms with Crippen molar-refractivity contribution in [1.29, 1.82) is 5.26 Å². The quantitative estimate of drug-likeness (QED) is 0.517. The molecule has 0 heterocycles. The fourth-order valence-electron chi connectivity index (χ4n) is 1.03. The van der Waals surface area contributed by atoms with E-state index >= 15 is 0 Å². The van der Waals surface area contributed by atoms with Crippen molar-refractivity contribution in [2.45, 2.75) is 29.8 Å².